The Kier molecular flexibility index (Phi) is 6.43. The molecule has 2 saturated heterocycles. The third-order valence-electron chi connectivity index (χ3n) is 7.70. The Balaban J connectivity index is 1.20. The number of pyridine rings is 1. The molecule has 0 bridgehead atoms. The first-order valence-corrected chi connectivity index (χ1v) is 13.4. The Hall–Kier alpha value is -3.70. The molecule has 9 nitrogen and oxygen atoms in total. The van der Waals surface area contributed by atoms with Crippen molar-refractivity contribution in [1.29, 1.82) is 0 Å². The Morgan fingerprint density at radius 3 is 2.59 bits per heavy atom. The lowest BCUT2D eigenvalue weighted by molar-refractivity contribution is -0.0309. The van der Waals surface area contributed by atoms with Crippen LogP contribution in [0.5, 0.6) is 0 Å². The van der Waals surface area contributed by atoms with Gasteiger partial charge in [-0.25, -0.2) is 28.7 Å². The summed E-state index contributed by atoms with van der Waals surface area (Å²) >= 11 is 0. The predicted molar refractivity (Wildman–Crippen MR) is 146 cm³/mol. The Bertz CT molecular complexity index is 1510. The van der Waals surface area contributed by atoms with E-state index in [1.54, 1.807) is 18.3 Å². The van der Waals surface area contributed by atoms with Gasteiger partial charge in [0.05, 0.1) is 36.7 Å². The van der Waals surface area contributed by atoms with Crippen LogP contribution in [0.25, 0.3) is 22.3 Å². The third kappa shape index (κ3) is 4.70. The second-order valence-corrected chi connectivity index (χ2v) is 10.8. The van der Waals surface area contributed by atoms with Gasteiger partial charge in [0.15, 0.2) is 11.6 Å². The average molecular weight is 535 g/mol. The zero-order chi connectivity index (χ0) is 27.3. The molecule has 2 fully saturated rings. The molecule has 11 heteroatoms. The van der Waals surface area contributed by atoms with Gasteiger partial charge in [-0.05, 0) is 64.4 Å². The van der Waals surface area contributed by atoms with Crippen LogP contribution in [0.4, 0.5) is 26.2 Å². The van der Waals surface area contributed by atoms with Crippen LogP contribution in [-0.2, 0) is 0 Å². The largest absolute Gasteiger partial charge is 0.385 e. The van der Waals surface area contributed by atoms with Crippen LogP contribution in [0.3, 0.4) is 0 Å². The minimum Gasteiger partial charge on any atom is -0.385 e. The lowest BCUT2D eigenvalue weighted by atomic mass is 9.81. The summed E-state index contributed by atoms with van der Waals surface area (Å²) in [6, 6.07) is 6.83. The van der Waals surface area contributed by atoms with Crippen molar-refractivity contribution in [3.05, 3.63) is 54.1 Å². The van der Waals surface area contributed by atoms with Crippen LogP contribution in [-0.4, -0.2) is 60.9 Å². The highest BCUT2D eigenvalue weighted by Gasteiger charge is 2.47. The Labute approximate surface area is 225 Å². The van der Waals surface area contributed by atoms with Crippen LogP contribution >= 0.6 is 0 Å². The van der Waals surface area contributed by atoms with Crippen molar-refractivity contribution >= 4 is 28.5 Å². The standard InChI is InChI=1S/C28H32F2N8O/c1-16(2)38-17(3)34-26-20(29)10-18(11-22(26)38)25-21(30)13-33-27(36-25)35-24-8-7-19(12-32-24)37-14-28(39,15-37)23-6-4-5-9-31-23/h7-8,10-13,16,23,31,39H,4-6,9,14-15H2,1-3H3,(H,32,33,35,36). The summed E-state index contributed by atoms with van der Waals surface area (Å²) in [6.45, 7) is 7.86. The molecule has 1 atom stereocenters. The lowest BCUT2D eigenvalue weighted by Crippen LogP contribution is -2.71. The molecule has 2 aliphatic heterocycles. The van der Waals surface area contributed by atoms with E-state index >= 15 is 0 Å². The van der Waals surface area contributed by atoms with E-state index in [-0.39, 0.29) is 29.2 Å². The molecule has 0 amide bonds. The quantitative estimate of drug-likeness (QED) is 0.332. The van der Waals surface area contributed by atoms with Crippen LogP contribution < -0.4 is 15.5 Å². The van der Waals surface area contributed by atoms with Crippen molar-refractivity contribution in [2.45, 2.75) is 57.7 Å². The highest BCUT2D eigenvalue weighted by Crippen LogP contribution is 2.34. The summed E-state index contributed by atoms with van der Waals surface area (Å²) in [4.78, 5) is 19.3. The maximum absolute atomic E-state index is 15.0. The number of aryl methyl sites for hydroxylation is 1. The first-order chi connectivity index (χ1) is 18.7. The first kappa shape index (κ1) is 25.6. The lowest BCUT2D eigenvalue weighted by Gasteiger charge is -2.52. The number of anilines is 3. The van der Waals surface area contributed by atoms with E-state index in [0.29, 0.717) is 35.8 Å². The van der Waals surface area contributed by atoms with Gasteiger partial charge in [-0.15, -0.1) is 0 Å². The SMILES string of the molecule is Cc1nc2c(F)cc(-c3nc(Nc4ccc(N5CC(O)(C6CCCCN6)C5)cn4)ncc3F)cc2n1C(C)C. The maximum atomic E-state index is 15.0. The Morgan fingerprint density at radius 1 is 1.08 bits per heavy atom. The monoisotopic (exact) mass is 534 g/mol. The molecule has 1 aromatic carbocycles. The second-order valence-electron chi connectivity index (χ2n) is 10.8. The van der Waals surface area contributed by atoms with Gasteiger partial charge in [0.25, 0.3) is 0 Å². The van der Waals surface area contributed by atoms with Gasteiger partial charge in [-0.2, -0.15) is 0 Å². The summed E-state index contributed by atoms with van der Waals surface area (Å²) in [6.07, 6.45) is 6.07. The normalized spacial score (nSPS) is 18.9. The maximum Gasteiger partial charge on any atom is 0.229 e. The van der Waals surface area contributed by atoms with Gasteiger partial charge in [0.2, 0.25) is 5.95 Å². The second kappa shape index (κ2) is 9.80. The van der Waals surface area contributed by atoms with Crippen molar-refractivity contribution in [1.82, 2.24) is 29.8 Å². The van der Waals surface area contributed by atoms with Crippen LogP contribution in [0.1, 0.15) is 45.0 Å². The molecule has 5 heterocycles. The molecule has 3 N–H and O–H groups in total. The number of rotatable bonds is 6. The fourth-order valence-electron chi connectivity index (χ4n) is 5.78. The zero-order valence-electron chi connectivity index (χ0n) is 22.2. The number of hydrogen-bond acceptors (Lipinski definition) is 8. The smallest absolute Gasteiger partial charge is 0.229 e. The Morgan fingerprint density at radius 2 is 1.90 bits per heavy atom. The van der Waals surface area contributed by atoms with E-state index in [1.165, 1.54) is 6.07 Å². The average Bonchev–Trinajstić information content (AvgIpc) is 3.25. The molecular weight excluding hydrogens is 502 g/mol. The van der Waals surface area contributed by atoms with Crippen molar-refractivity contribution in [3.63, 3.8) is 0 Å². The number of benzene rings is 1. The molecule has 0 saturated carbocycles. The number of aliphatic hydroxyl groups is 1. The molecule has 39 heavy (non-hydrogen) atoms. The molecule has 0 radical (unpaired) electrons. The number of nitrogens with zero attached hydrogens (tertiary/aromatic N) is 6. The van der Waals surface area contributed by atoms with Gasteiger partial charge >= 0.3 is 0 Å². The number of aromatic nitrogens is 5. The minimum atomic E-state index is -0.719. The van der Waals surface area contributed by atoms with Crippen molar-refractivity contribution in [2.75, 3.05) is 29.9 Å². The number of hydrogen-bond donors (Lipinski definition) is 3. The van der Waals surface area contributed by atoms with Gasteiger partial charge in [0, 0.05) is 17.6 Å². The molecule has 0 aliphatic carbocycles. The van der Waals surface area contributed by atoms with E-state index in [2.05, 4.69) is 35.5 Å². The topological polar surface area (TPSA) is 104 Å². The highest BCUT2D eigenvalue weighted by molar-refractivity contribution is 5.83. The first-order valence-electron chi connectivity index (χ1n) is 13.4. The van der Waals surface area contributed by atoms with Gasteiger partial charge in [0.1, 0.15) is 28.5 Å². The number of nitrogens with one attached hydrogen (secondary N) is 2. The molecule has 1 unspecified atom stereocenters. The molecule has 4 aromatic rings. The van der Waals surface area contributed by atoms with Crippen molar-refractivity contribution in [2.24, 2.45) is 0 Å². The van der Waals surface area contributed by atoms with Crippen LogP contribution in [0, 0.1) is 18.6 Å². The summed E-state index contributed by atoms with van der Waals surface area (Å²) in [5.41, 5.74) is 1.30. The number of piperidine rings is 1. The van der Waals surface area contributed by atoms with E-state index in [4.69, 9.17) is 0 Å². The molecule has 6 rings (SSSR count). The molecule has 0 spiro atoms. The van der Waals surface area contributed by atoms with Gasteiger partial charge < -0.3 is 25.2 Å². The summed E-state index contributed by atoms with van der Waals surface area (Å²) < 4.78 is 31.7. The van der Waals surface area contributed by atoms with Crippen molar-refractivity contribution < 1.29 is 13.9 Å². The molecule has 3 aromatic heterocycles. The molecular formula is C28H32F2N8O. The number of fused-ring (bicyclic) bond motifs is 1. The van der Waals surface area contributed by atoms with E-state index in [1.807, 2.05) is 31.4 Å². The number of β-amino-alcohol motifs (C(OH)–C–C–N with tert-alkyl or cyclic N) is 1. The zero-order valence-corrected chi connectivity index (χ0v) is 22.2. The summed E-state index contributed by atoms with van der Waals surface area (Å²) in [5, 5.41) is 17.4. The highest BCUT2D eigenvalue weighted by atomic mass is 19.1. The van der Waals surface area contributed by atoms with Gasteiger partial charge in [-0.1, -0.05) is 6.42 Å². The number of halogens is 2. The summed E-state index contributed by atoms with van der Waals surface area (Å²) in [7, 11) is 0. The van der Waals surface area contributed by atoms with Crippen LogP contribution in [0.15, 0.2) is 36.7 Å². The predicted octanol–water partition coefficient (Wildman–Crippen LogP) is 4.49. The van der Waals surface area contributed by atoms with E-state index < -0.39 is 17.2 Å². The van der Waals surface area contributed by atoms with Gasteiger partial charge in [-0.3, -0.25) is 0 Å². The molecule has 2 aliphatic rings. The minimum absolute atomic E-state index is 0.0183. The number of imidazole rings is 1. The molecule has 204 valence electrons. The fraction of sp³-hybridized carbons (Fsp3) is 0.429. The fourth-order valence-corrected chi connectivity index (χ4v) is 5.78. The van der Waals surface area contributed by atoms with E-state index in [0.717, 1.165) is 37.7 Å². The van der Waals surface area contributed by atoms with E-state index in [9.17, 15) is 13.9 Å². The van der Waals surface area contributed by atoms with Crippen molar-refractivity contribution in [3.8, 4) is 11.3 Å². The summed E-state index contributed by atoms with van der Waals surface area (Å²) in [5.74, 6) is 0.114. The van der Waals surface area contributed by atoms with Crippen LogP contribution in [0.2, 0.25) is 0 Å². The third-order valence-corrected chi connectivity index (χ3v) is 7.70.